The van der Waals surface area contributed by atoms with E-state index < -0.39 is 5.82 Å². The maximum atomic E-state index is 13.2. The Morgan fingerprint density at radius 3 is 2.20 bits per heavy atom. The SMILES string of the molecule is CC.Cc1ccc(C(=O)C(C)C)c(F)c1. The van der Waals surface area contributed by atoms with Gasteiger partial charge in [-0.2, -0.15) is 0 Å². The molecule has 0 bridgehead atoms. The van der Waals surface area contributed by atoms with E-state index in [0.717, 1.165) is 5.56 Å². The Bertz CT molecular complexity index is 329. The Morgan fingerprint density at radius 1 is 1.27 bits per heavy atom. The summed E-state index contributed by atoms with van der Waals surface area (Å²) in [5, 5.41) is 0. The van der Waals surface area contributed by atoms with Gasteiger partial charge in [-0.25, -0.2) is 4.39 Å². The van der Waals surface area contributed by atoms with Crippen molar-refractivity contribution in [3.8, 4) is 0 Å². The molecule has 0 fully saturated rings. The quantitative estimate of drug-likeness (QED) is 0.674. The molecule has 0 atom stereocenters. The van der Waals surface area contributed by atoms with Crippen LogP contribution in [0.4, 0.5) is 4.39 Å². The Balaban J connectivity index is 0.000000921. The topological polar surface area (TPSA) is 17.1 Å². The summed E-state index contributed by atoms with van der Waals surface area (Å²) >= 11 is 0. The average Bonchev–Trinajstić information content (AvgIpc) is 2.20. The van der Waals surface area contributed by atoms with Crippen LogP contribution in [0.2, 0.25) is 0 Å². The molecule has 0 aromatic heterocycles. The first-order chi connectivity index (χ1) is 7.02. The Morgan fingerprint density at radius 2 is 1.80 bits per heavy atom. The number of ketones is 1. The number of hydrogen-bond acceptors (Lipinski definition) is 1. The van der Waals surface area contributed by atoms with Gasteiger partial charge < -0.3 is 0 Å². The molecular weight excluding hydrogens is 191 g/mol. The van der Waals surface area contributed by atoms with E-state index in [1.54, 1.807) is 32.9 Å². The summed E-state index contributed by atoms with van der Waals surface area (Å²) in [6.45, 7) is 9.33. The molecule has 0 unspecified atom stereocenters. The predicted octanol–water partition coefficient (Wildman–Crippen LogP) is 4.00. The third-order valence-corrected chi connectivity index (χ3v) is 1.91. The van der Waals surface area contributed by atoms with Crippen molar-refractivity contribution < 1.29 is 9.18 Å². The van der Waals surface area contributed by atoms with Gasteiger partial charge in [0.25, 0.3) is 0 Å². The van der Waals surface area contributed by atoms with E-state index in [9.17, 15) is 9.18 Å². The van der Waals surface area contributed by atoms with Crippen LogP contribution in [0.25, 0.3) is 0 Å². The highest BCUT2D eigenvalue weighted by atomic mass is 19.1. The lowest BCUT2D eigenvalue weighted by Gasteiger charge is -2.05. The molecule has 1 aromatic rings. The van der Waals surface area contributed by atoms with E-state index in [-0.39, 0.29) is 17.3 Å². The average molecular weight is 210 g/mol. The molecule has 1 nitrogen and oxygen atoms in total. The molecule has 0 amide bonds. The normalized spacial score (nSPS) is 9.53. The molecule has 84 valence electrons. The smallest absolute Gasteiger partial charge is 0.168 e. The number of hydrogen-bond donors (Lipinski definition) is 0. The van der Waals surface area contributed by atoms with Crippen LogP contribution in [0.1, 0.15) is 43.6 Å². The van der Waals surface area contributed by atoms with E-state index in [0.29, 0.717) is 0 Å². The Labute approximate surface area is 91.3 Å². The first kappa shape index (κ1) is 13.8. The lowest BCUT2D eigenvalue weighted by molar-refractivity contribution is 0.0935. The maximum Gasteiger partial charge on any atom is 0.168 e. The van der Waals surface area contributed by atoms with Crippen LogP contribution in [0.15, 0.2) is 18.2 Å². The van der Waals surface area contributed by atoms with E-state index in [4.69, 9.17) is 0 Å². The van der Waals surface area contributed by atoms with Gasteiger partial charge in [-0.05, 0) is 24.6 Å². The number of carbonyl (C=O) groups excluding carboxylic acids is 1. The number of carbonyl (C=O) groups is 1. The molecule has 0 saturated heterocycles. The summed E-state index contributed by atoms with van der Waals surface area (Å²) in [7, 11) is 0. The predicted molar refractivity (Wildman–Crippen MR) is 61.7 cm³/mol. The molecule has 1 aromatic carbocycles. The minimum absolute atomic E-state index is 0.141. The van der Waals surface area contributed by atoms with Gasteiger partial charge in [0.15, 0.2) is 5.78 Å². The van der Waals surface area contributed by atoms with Crippen molar-refractivity contribution in [3.63, 3.8) is 0 Å². The second-order valence-electron chi connectivity index (χ2n) is 3.50. The molecule has 0 aliphatic carbocycles. The summed E-state index contributed by atoms with van der Waals surface area (Å²) in [4.78, 5) is 11.4. The van der Waals surface area contributed by atoms with Gasteiger partial charge in [-0.1, -0.05) is 33.8 Å². The molecule has 15 heavy (non-hydrogen) atoms. The van der Waals surface area contributed by atoms with Crippen molar-refractivity contribution in [3.05, 3.63) is 35.1 Å². The van der Waals surface area contributed by atoms with Crippen molar-refractivity contribution in [2.45, 2.75) is 34.6 Å². The summed E-state index contributed by atoms with van der Waals surface area (Å²) < 4.78 is 13.2. The summed E-state index contributed by atoms with van der Waals surface area (Å²) in [5.74, 6) is -0.714. The summed E-state index contributed by atoms with van der Waals surface area (Å²) in [6.07, 6.45) is 0. The molecule has 0 saturated carbocycles. The second kappa shape index (κ2) is 6.33. The Hall–Kier alpha value is -1.18. The zero-order valence-electron chi connectivity index (χ0n) is 10.1. The van der Waals surface area contributed by atoms with Crippen molar-refractivity contribution in [2.75, 3.05) is 0 Å². The maximum absolute atomic E-state index is 13.2. The molecule has 2 heteroatoms. The number of rotatable bonds is 2. The monoisotopic (exact) mass is 210 g/mol. The van der Waals surface area contributed by atoms with Crippen LogP contribution in [-0.2, 0) is 0 Å². The number of halogens is 1. The molecule has 0 heterocycles. The molecule has 0 N–H and O–H groups in total. The lowest BCUT2D eigenvalue weighted by Crippen LogP contribution is -2.09. The molecular formula is C13H19FO. The fraction of sp³-hybridized carbons (Fsp3) is 0.462. The minimum Gasteiger partial charge on any atom is -0.294 e. The van der Waals surface area contributed by atoms with Crippen molar-refractivity contribution in [2.24, 2.45) is 5.92 Å². The molecule has 0 spiro atoms. The lowest BCUT2D eigenvalue weighted by atomic mass is 10.00. The van der Waals surface area contributed by atoms with Crippen LogP contribution in [0.5, 0.6) is 0 Å². The number of aryl methyl sites for hydroxylation is 1. The van der Waals surface area contributed by atoms with Crippen LogP contribution in [0.3, 0.4) is 0 Å². The molecule has 0 aliphatic heterocycles. The van der Waals surface area contributed by atoms with Crippen molar-refractivity contribution in [1.82, 2.24) is 0 Å². The second-order valence-corrected chi connectivity index (χ2v) is 3.50. The number of benzene rings is 1. The van der Waals surface area contributed by atoms with Gasteiger partial charge in [0.05, 0.1) is 5.56 Å². The van der Waals surface area contributed by atoms with E-state index in [2.05, 4.69) is 0 Å². The van der Waals surface area contributed by atoms with E-state index >= 15 is 0 Å². The first-order valence-electron chi connectivity index (χ1n) is 5.32. The highest BCUT2D eigenvalue weighted by Gasteiger charge is 2.14. The van der Waals surface area contributed by atoms with Crippen LogP contribution in [0, 0.1) is 18.7 Å². The van der Waals surface area contributed by atoms with E-state index in [1.807, 2.05) is 13.8 Å². The largest absolute Gasteiger partial charge is 0.294 e. The van der Waals surface area contributed by atoms with Gasteiger partial charge in [0.2, 0.25) is 0 Å². The molecule has 0 aliphatic rings. The molecule has 1 rings (SSSR count). The van der Waals surface area contributed by atoms with Crippen molar-refractivity contribution in [1.29, 1.82) is 0 Å². The van der Waals surface area contributed by atoms with Crippen LogP contribution in [-0.4, -0.2) is 5.78 Å². The standard InChI is InChI=1S/C11H13FO.C2H6/c1-7(2)11(13)9-5-4-8(3)6-10(9)12;1-2/h4-7H,1-3H3;1-2H3. The highest BCUT2D eigenvalue weighted by molar-refractivity contribution is 5.97. The molecule has 0 radical (unpaired) electrons. The zero-order chi connectivity index (χ0) is 12.0. The van der Waals surface area contributed by atoms with Gasteiger partial charge in [-0.15, -0.1) is 0 Å². The van der Waals surface area contributed by atoms with Gasteiger partial charge in [-0.3, -0.25) is 4.79 Å². The fourth-order valence-corrected chi connectivity index (χ4v) is 1.13. The third-order valence-electron chi connectivity index (χ3n) is 1.91. The van der Waals surface area contributed by atoms with Gasteiger partial charge >= 0.3 is 0 Å². The Kier molecular flexibility index (Phi) is 5.83. The third kappa shape index (κ3) is 3.82. The van der Waals surface area contributed by atoms with Gasteiger partial charge in [0, 0.05) is 5.92 Å². The highest BCUT2D eigenvalue weighted by Crippen LogP contribution is 2.14. The first-order valence-corrected chi connectivity index (χ1v) is 5.32. The number of Topliss-reactive ketones (excluding diaryl/α,β-unsaturated/α-hetero) is 1. The van der Waals surface area contributed by atoms with Crippen molar-refractivity contribution >= 4 is 5.78 Å². The van der Waals surface area contributed by atoms with Gasteiger partial charge in [0.1, 0.15) is 5.82 Å². The summed E-state index contributed by atoms with van der Waals surface area (Å²) in [5.41, 5.74) is 1.03. The minimum atomic E-state index is -0.418. The summed E-state index contributed by atoms with van der Waals surface area (Å²) in [6, 6.07) is 4.68. The van der Waals surface area contributed by atoms with Crippen LogP contribution >= 0.6 is 0 Å². The van der Waals surface area contributed by atoms with E-state index in [1.165, 1.54) is 6.07 Å². The zero-order valence-corrected chi connectivity index (χ0v) is 10.1. The van der Waals surface area contributed by atoms with Crippen LogP contribution < -0.4 is 0 Å². The fourth-order valence-electron chi connectivity index (χ4n) is 1.13.